The molecule has 0 aliphatic heterocycles. The van der Waals surface area contributed by atoms with Crippen LogP contribution in [0.2, 0.25) is 0 Å². The van der Waals surface area contributed by atoms with E-state index < -0.39 is 0 Å². The first-order valence-corrected chi connectivity index (χ1v) is 15.0. The van der Waals surface area contributed by atoms with Gasteiger partial charge >= 0.3 is 5.97 Å². The number of esters is 1. The van der Waals surface area contributed by atoms with Crippen molar-refractivity contribution in [2.45, 2.75) is 150 Å². The van der Waals surface area contributed by atoms with Crippen LogP contribution in [0, 0.1) is 0 Å². The first-order valence-electron chi connectivity index (χ1n) is 15.0. The fraction of sp³-hybridized carbons (Fsp3) is 0.639. The van der Waals surface area contributed by atoms with Gasteiger partial charge in [-0.15, -0.1) is 0 Å². The summed E-state index contributed by atoms with van der Waals surface area (Å²) in [6.45, 7) is 30.3. The maximum Gasteiger partial charge on any atom is 0.308 e. The van der Waals surface area contributed by atoms with Crippen molar-refractivity contribution < 1.29 is 14.6 Å². The van der Waals surface area contributed by atoms with Crippen molar-refractivity contribution in [1.29, 1.82) is 0 Å². The third-order valence-electron chi connectivity index (χ3n) is 9.99. The van der Waals surface area contributed by atoms with Crippen LogP contribution in [0.3, 0.4) is 0 Å². The monoisotopic (exact) mass is 536 g/mol. The maximum atomic E-state index is 12.5. The van der Waals surface area contributed by atoms with Crippen molar-refractivity contribution in [3.63, 3.8) is 0 Å². The molecule has 2 aromatic rings. The Morgan fingerprint density at radius 2 is 1.08 bits per heavy atom. The summed E-state index contributed by atoms with van der Waals surface area (Å²) in [5.41, 5.74) is 5.90. The van der Waals surface area contributed by atoms with Gasteiger partial charge in [0.1, 0.15) is 11.5 Å². The second kappa shape index (κ2) is 11.7. The number of hydrogen-bond donors (Lipinski definition) is 1. The number of aromatic hydroxyl groups is 1. The zero-order valence-electron chi connectivity index (χ0n) is 27.5. The summed E-state index contributed by atoms with van der Waals surface area (Å²) < 4.78 is 6.07. The normalized spacial score (nSPS) is 13.9. The first kappa shape index (κ1) is 32.9. The molecule has 0 fully saturated rings. The summed E-state index contributed by atoms with van der Waals surface area (Å²) in [7, 11) is 0. The summed E-state index contributed by atoms with van der Waals surface area (Å²) in [5.74, 6) is 0.498. The molecule has 2 rings (SSSR count). The standard InChI is InChI=1S/C36H56O3/c1-15-33(7,8)25-19-27(31(38)29(21-25)35(11,12)17-3)23(5)28-20-26(34(9,10)16-2)22-30(36(13,14)18-4)32(28)39-24(6)37/h19-23,38H,15-18H2,1-14H3. The van der Waals surface area contributed by atoms with Gasteiger partial charge in [0, 0.05) is 35.1 Å². The number of carbonyl (C=O) groups is 1. The predicted octanol–water partition coefficient (Wildman–Crippen LogP) is 10.2. The first-order chi connectivity index (χ1) is 17.8. The maximum absolute atomic E-state index is 12.5. The molecule has 2 aromatic carbocycles. The average Bonchev–Trinajstić information content (AvgIpc) is 2.87. The highest BCUT2D eigenvalue weighted by molar-refractivity contribution is 5.72. The molecule has 0 heterocycles. The molecule has 3 nitrogen and oxygen atoms in total. The SMILES string of the molecule is CCC(C)(C)c1cc(C(C)c2cc(C(C)(C)CC)cc(C(C)(C)CC)c2OC(C)=O)c(O)c(C(C)(C)CC)c1. The van der Waals surface area contributed by atoms with Gasteiger partial charge in [0.05, 0.1) is 0 Å². The van der Waals surface area contributed by atoms with Crippen molar-refractivity contribution in [2.75, 3.05) is 0 Å². The Balaban J connectivity index is 3.08. The van der Waals surface area contributed by atoms with Gasteiger partial charge in [-0.25, -0.2) is 0 Å². The van der Waals surface area contributed by atoms with Crippen molar-refractivity contribution >= 4 is 5.97 Å². The molecule has 39 heavy (non-hydrogen) atoms. The number of hydrogen-bond acceptors (Lipinski definition) is 3. The molecule has 0 spiro atoms. The Morgan fingerprint density at radius 3 is 1.49 bits per heavy atom. The van der Waals surface area contributed by atoms with Gasteiger partial charge in [-0.2, -0.15) is 0 Å². The second-order valence-electron chi connectivity index (χ2n) is 14.2. The molecule has 0 amide bonds. The lowest BCUT2D eigenvalue weighted by atomic mass is 9.71. The van der Waals surface area contributed by atoms with E-state index in [1.807, 2.05) is 0 Å². The molecule has 1 unspecified atom stereocenters. The Kier molecular flexibility index (Phi) is 9.85. The number of rotatable bonds is 11. The van der Waals surface area contributed by atoms with E-state index in [1.54, 1.807) is 0 Å². The van der Waals surface area contributed by atoms with Crippen LogP contribution in [-0.4, -0.2) is 11.1 Å². The smallest absolute Gasteiger partial charge is 0.308 e. The summed E-state index contributed by atoms with van der Waals surface area (Å²) >= 11 is 0. The minimum atomic E-state index is -0.322. The molecule has 0 aliphatic carbocycles. The van der Waals surface area contributed by atoms with Gasteiger partial charge in [-0.1, -0.05) is 114 Å². The van der Waals surface area contributed by atoms with E-state index in [1.165, 1.54) is 18.1 Å². The van der Waals surface area contributed by atoms with Gasteiger partial charge < -0.3 is 9.84 Å². The van der Waals surface area contributed by atoms with Gasteiger partial charge in [-0.3, -0.25) is 4.79 Å². The molecule has 0 radical (unpaired) electrons. The molecule has 1 atom stereocenters. The lowest BCUT2D eigenvalue weighted by Gasteiger charge is -2.34. The number of benzene rings is 2. The molecule has 218 valence electrons. The van der Waals surface area contributed by atoms with Crippen molar-refractivity contribution in [3.05, 3.63) is 57.6 Å². The molecule has 0 bridgehead atoms. The topological polar surface area (TPSA) is 46.5 Å². The highest BCUT2D eigenvalue weighted by Crippen LogP contribution is 2.48. The van der Waals surface area contributed by atoms with E-state index in [0.717, 1.165) is 47.9 Å². The fourth-order valence-corrected chi connectivity index (χ4v) is 4.97. The van der Waals surface area contributed by atoms with Crippen molar-refractivity contribution in [3.8, 4) is 11.5 Å². The van der Waals surface area contributed by atoms with Crippen molar-refractivity contribution in [2.24, 2.45) is 0 Å². The van der Waals surface area contributed by atoms with Crippen LogP contribution in [0.1, 0.15) is 162 Å². The summed E-state index contributed by atoms with van der Waals surface area (Å²) in [6.07, 6.45) is 3.80. The highest BCUT2D eigenvalue weighted by atomic mass is 16.5. The molecule has 0 saturated heterocycles. The molecule has 1 N–H and O–H groups in total. The molecule has 0 aromatic heterocycles. The Labute approximate surface area is 239 Å². The fourth-order valence-electron chi connectivity index (χ4n) is 4.97. The van der Waals surface area contributed by atoms with Gasteiger partial charge in [0.2, 0.25) is 0 Å². The highest BCUT2D eigenvalue weighted by Gasteiger charge is 2.34. The van der Waals surface area contributed by atoms with Crippen LogP contribution in [0.15, 0.2) is 24.3 Å². The average molecular weight is 537 g/mol. The van der Waals surface area contributed by atoms with Crippen LogP contribution >= 0.6 is 0 Å². The largest absolute Gasteiger partial charge is 0.507 e. The molecular weight excluding hydrogens is 480 g/mol. The van der Waals surface area contributed by atoms with E-state index in [4.69, 9.17) is 4.74 Å². The Morgan fingerprint density at radius 1 is 0.692 bits per heavy atom. The Bertz CT molecular complexity index is 1180. The number of phenolic OH excluding ortho intramolecular Hbond substituents is 1. The summed E-state index contributed by atoms with van der Waals surface area (Å²) in [4.78, 5) is 12.5. The van der Waals surface area contributed by atoms with E-state index in [2.05, 4.69) is 114 Å². The quantitative estimate of drug-likeness (QED) is 0.229. The van der Waals surface area contributed by atoms with Crippen LogP contribution in [-0.2, 0) is 26.5 Å². The summed E-state index contributed by atoms with van der Waals surface area (Å²) in [5, 5.41) is 11.9. The second-order valence-corrected chi connectivity index (χ2v) is 14.2. The molecule has 0 aliphatic rings. The van der Waals surface area contributed by atoms with Crippen LogP contribution in [0.4, 0.5) is 0 Å². The van der Waals surface area contributed by atoms with Crippen LogP contribution < -0.4 is 4.74 Å². The van der Waals surface area contributed by atoms with Crippen LogP contribution in [0.25, 0.3) is 0 Å². The van der Waals surface area contributed by atoms with E-state index >= 15 is 0 Å². The van der Waals surface area contributed by atoms with E-state index in [0.29, 0.717) is 11.5 Å². The van der Waals surface area contributed by atoms with Gasteiger partial charge in [0.25, 0.3) is 0 Å². The number of carbonyl (C=O) groups excluding carboxylic acids is 1. The Hall–Kier alpha value is -2.29. The third kappa shape index (κ3) is 6.72. The minimum absolute atomic E-state index is 0.0408. The predicted molar refractivity (Wildman–Crippen MR) is 167 cm³/mol. The molecule has 0 saturated carbocycles. The number of ether oxygens (including phenoxy) is 1. The van der Waals surface area contributed by atoms with E-state index in [9.17, 15) is 9.90 Å². The minimum Gasteiger partial charge on any atom is -0.507 e. The number of phenols is 1. The van der Waals surface area contributed by atoms with E-state index in [-0.39, 0.29) is 33.5 Å². The van der Waals surface area contributed by atoms with Crippen molar-refractivity contribution in [1.82, 2.24) is 0 Å². The molecule has 3 heteroatoms. The summed E-state index contributed by atoms with van der Waals surface area (Å²) in [6, 6.07) is 8.89. The lowest BCUT2D eigenvalue weighted by Crippen LogP contribution is -2.24. The van der Waals surface area contributed by atoms with Gasteiger partial charge in [-0.05, 0) is 58.5 Å². The zero-order valence-corrected chi connectivity index (χ0v) is 27.5. The van der Waals surface area contributed by atoms with Gasteiger partial charge in [0.15, 0.2) is 0 Å². The lowest BCUT2D eigenvalue weighted by molar-refractivity contribution is -0.132. The zero-order chi connectivity index (χ0) is 30.1. The van der Waals surface area contributed by atoms with Crippen LogP contribution in [0.5, 0.6) is 11.5 Å². The third-order valence-corrected chi connectivity index (χ3v) is 9.99. The molecular formula is C36H56O3.